The predicted octanol–water partition coefficient (Wildman–Crippen LogP) is 1.82. The zero-order chi connectivity index (χ0) is 27.0. The Labute approximate surface area is 227 Å². The fourth-order valence-electron chi connectivity index (χ4n) is 5.67. The fraction of sp³-hybridized carbons (Fsp3) is 0.440. The first-order valence-electron chi connectivity index (χ1n) is 12.4. The molecule has 1 fully saturated rings. The molecule has 5 rings (SSSR count). The molecule has 1 saturated heterocycles. The highest BCUT2D eigenvalue weighted by molar-refractivity contribution is 7.15. The standard InChI is InChI=1S/C25H29N9O2S2/c1-13(29-12-14(2)34-7-3-4-15(34)11-26)10-25(24-30-32-33-31-24)16-8-20(22(27)35)37-18(16)5-6-19-17(25)9-21(38-19)23(28)36/h8-9,13,15,29H,2-7,10,12H2,1H3,(H2,27,35)(H2,28,36)(H,30,31,32,33)/t13-,15?/m0/s1. The van der Waals surface area contributed by atoms with Crippen LogP contribution < -0.4 is 16.8 Å². The van der Waals surface area contributed by atoms with Crippen LogP contribution in [0, 0.1) is 11.3 Å². The molecule has 2 atom stereocenters. The van der Waals surface area contributed by atoms with Crippen molar-refractivity contribution in [2.75, 3.05) is 13.1 Å². The maximum atomic E-state index is 12.2. The second-order valence-electron chi connectivity index (χ2n) is 9.80. The molecular weight excluding hydrogens is 522 g/mol. The summed E-state index contributed by atoms with van der Waals surface area (Å²) < 4.78 is 0. The van der Waals surface area contributed by atoms with E-state index < -0.39 is 17.2 Å². The molecule has 2 aliphatic rings. The van der Waals surface area contributed by atoms with Crippen molar-refractivity contribution in [3.63, 3.8) is 0 Å². The number of aryl methyl sites for hydroxylation is 2. The van der Waals surface area contributed by atoms with Crippen molar-refractivity contribution in [2.24, 2.45) is 11.5 Å². The molecule has 198 valence electrons. The van der Waals surface area contributed by atoms with Crippen LogP contribution in [0.15, 0.2) is 24.4 Å². The van der Waals surface area contributed by atoms with Crippen LogP contribution in [0.4, 0.5) is 0 Å². The van der Waals surface area contributed by atoms with E-state index in [4.69, 9.17) is 11.5 Å². The van der Waals surface area contributed by atoms with Gasteiger partial charge >= 0.3 is 0 Å². The highest BCUT2D eigenvalue weighted by Crippen LogP contribution is 2.50. The van der Waals surface area contributed by atoms with Gasteiger partial charge in [-0.3, -0.25) is 9.59 Å². The smallest absolute Gasteiger partial charge is 0.258 e. The number of nitriles is 1. The number of primary amides is 2. The van der Waals surface area contributed by atoms with Gasteiger partial charge in [0.05, 0.1) is 21.2 Å². The van der Waals surface area contributed by atoms with E-state index in [0.29, 0.717) is 41.4 Å². The first kappa shape index (κ1) is 26.0. The van der Waals surface area contributed by atoms with E-state index in [1.807, 2.05) is 12.1 Å². The van der Waals surface area contributed by atoms with Crippen LogP contribution in [0.5, 0.6) is 0 Å². The van der Waals surface area contributed by atoms with Gasteiger partial charge in [-0.15, -0.1) is 32.9 Å². The Morgan fingerprint density at radius 3 is 2.42 bits per heavy atom. The Morgan fingerprint density at radius 2 is 1.89 bits per heavy atom. The minimum absolute atomic E-state index is 0.0824. The number of likely N-dealkylation sites (tertiary alicyclic amines) is 1. The highest BCUT2D eigenvalue weighted by Gasteiger charge is 2.47. The van der Waals surface area contributed by atoms with Gasteiger partial charge in [-0.05, 0) is 62.3 Å². The zero-order valence-electron chi connectivity index (χ0n) is 21.0. The molecule has 6 N–H and O–H groups in total. The number of nitrogens with zero attached hydrogens (tertiary/aromatic N) is 5. The predicted molar refractivity (Wildman–Crippen MR) is 144 cm³/mol. The summed E-state index contributed by atoms with van der Waals surface area (Å²) in [7, 11) is 0. The number of aromatic amines is 1. The number of carbonyl (C=O) groups is 2. The van der Waals surface area contributed by atoms with Crippen molar-refractivity contribution in [2.45, 2.75) is 56.5 Å². The average Bonchev–Trinajstić information content (AvgIpc) is 3.70. The molecule has 1 aliphatic carbocycles. The summed E-state index contributed by atoms with van der Waals surface area (Å²) in [6.45, 7) is 7.62. The fourth-order valence-corrected chi connectivity index (χ4v) is 7.85. The van der Waals surface area contributed by atoms with Crippen LogP contribution in [0.1, 0.15) is 72.2 Å². The molecule has 2 amide bonds. The van der Waals surface area contributed by atoms with Crippen molar-refractivity contribution in [3.8, 4) is 6.07 Å². The third-order valence-electron chi connectivity index (χ3n) is 7.40. The summed E-state index contributed by atoms with van der Waals surface area (Å²) >= 11 is 2.77. The van der Waals surface area contributed by atoms with Gasteiger partial charge in [-0.25, -0.2) is 0 Å². The lowest BCUT2D eigenvalue weighted by atomic mass is 9.70. The number of hydrogen-bond donors (Lipinski definition) is 4. The number of fused-ring (bicyclic) bond motifs is 2. The van der Waals surface area contributed by atoms with E-state index in [2.05, 4.69) is 50.4 Å². The molecule has 11 nitrogen and oxygen atoms in total. The summed E-state index contributed by atoms with van der Waals surface area (Å²) in [4.78, 5) is 29.4. The molecule has 0 radical (unpaired) electrons. The quantitative estimate of drug-likeness (QED) is 0.311. The Morgan fingerprint density at radius 1 is 1.26 bits per heavy atom. The second kappa shape index (κ2) is 10.3. The molecule has 13 heteroatoms. The van der Waals surface area contributed by atoms with E-state index in [0.717, 1.165) is 46.0 Å². The van der Waals surface area contributed by atoms with Gasteiger partial charge in [0.2, 0.25) is 0 Å². The number of nitrogens with two attached hydrogens (primary N) is 2. The number of rotatable bonds is 9. The molecule has 0 aromatic carbocycles. The second-order valence-corrected chi connectivity index (χ2v) is 12.1. The molecule has 38 heavy (non-hydrogen) atoms. The molecule has 1 unspecified atom stereocenters. The normalized spacial score (nSPS) is 18.7. The highest BCUT2D eigenvalue weighted by atomic mass is 32.1. The topological polar surface area (TPSA) is 180 Å². The van der Waals surface area contributed by atoms with Crippen molar-refractivity contribution in [1.29, 1.82) is 5.26 Å². The lowest BCUT2D eigenvalue weighted by Crippen LogP contribution is -2.41. The molecule has 4 heterocycles. The Bertz CT molecular complexity index is 1360. The molecule has 0 saturated carbocycles. The molecular formula is C25H29N9O2S2. The van der Waals surface area contributed by atoms with Crippen LogP contribution in [0.2, 0.25) is 0 Å². The first-order chi connectivity index (χ1) is 18.2. The molecule has 0 bridgehead atoms. The molecule has 0 spiro atoms. The van der Waals surface area contributed by atoms with E-state index >= 15 is 0 Å². The summed E-state index contributed by atoms with van der Waals surface area (Å²) in [5, 5.41) is 28.4. The largest absolute Gasteiger partial charge is 0.365 e. The molecule has 3 aromatic heterocycles. The monoisotopic (exact) mass is 551 g/mol. The number of H-pyrrole nitrogens is 1. The van der Waals surface area contributed by atoms with Crippen molar-refractivity contribution < 1.29 is 9.59 Å². The number of aromatic nitrogens is 4. The summed E-state index contributed by atoms with van der Waals surface area (Å²) in [5.41, 5.74) is 13.1. The van der Waals surface area contributed by atoms with Gasteiger partial charge in [0.1, 0.15) is 6.04 Å². The number of nitrogens with one attached hydrogen (secondary N) is 2. The third-order valence-corrected chi connectivity index (χ3v) is 9.82. The van der Waals surface area contributed by atoms with Gasteiger partial charge in [-0.2, -0.15) is 10.5 Å². The van der Waals surface area contributed by atoms with Gasteiger partial charge in [0, 0.05) is 34.6 Å². The summed E-state index contributed by atoms with van der Waals surface area (Å²) in [6, 6.07) is 5.81. The van der Waals surface area contributed by atoms with Crippen LogP contribution in [0.3, 0.4) is 0 Å². The van der Waals surface area contributed by atoms with Crippen molar-refractivity contribution in [3.05, 3.63) is 60.9 Å². The number of carbonyl (C=O) groups excluding carboxylic acids is 2. The zero-order valence-corrected chi connectivity index (χ0v) is 22.6. The van der Waals surface area contributed by atoms with E-state index in [1.165, 1.54) is 22.7 Å². The van der Waals surface area contributed by atoms with Crippen LogP contribution in [-0.4, -0.2) is 62.5 Å². The maximum Gasteiger partial charge on any atom is 0.258 e. The van der Waals surface area contributed by atoms with E-state index in [9.17, 15) is 14.9 Å². The van der Waals surface area contributed by atoms with Gasteiger partial charge in [0.15, 0.2) is 5.82 Å². The van der Waals surface area contributed by atoms with Crippen molar-refractivity contribution in [1.82, 2.24) is 30.8 Å². The average molecular weight is 552 g/mol. The Kier molecular flexibility index (Phi) is 7.04. The van der Waals surface area contributed by atoms with Gasteiger partial charge in [0.25, 0.3) is 11.8 Å². The maximum absolute atomic E-state index is 12.2. The number of thiophene rings is 2. The molecule has 3 aromatic rings. The van der Waals surface area contributed by atoms with Crippen molar-refractivity contribution >= 4 is 34.5 Å². The lowest BCUT2D eigenvalue weighted by molar-refractivity contribution is 0.0995. The SMILES string of the molecule is C=C(CN[C@@H](C)CC1(c2nn[nH]n2)c2cc(C(N)=O)sc2CCc2sc(C(N)=O)cc21)N1CCCC1C#N. The number of hydrogen-bond acceptors (Lipinski definition) is 10. The third kappa shape index (κ3) is 4.48. The number of amides is 2. The summed E-state index contributed by atoms with van der Waals surface area (Å²) in [5.74, 6) is -0.539. The minimum Gasteiger partial charge on any atom is -0.365 e. The van der Waals surface area contributed by atoms with E-state index in [-0.39, 0.29) is 12.1 Å². The number of tetrazole rings is 1. The van der Waals surface area contributed by atoms with Gasteiger partial charge in [-0.1, -0.05) is 11.8 Å². The lowest BCUT2D eigenvalue weighted by Gasteiger charge is -2.34. The van der Waals surface area contributed by atoms with E-state index in [1.54, 1.807) is 0 Å². The minimum atomic E-state index is -0.904. The Hall–Kier alpha value is -3.60. The first-order valence-corrected chi connectivity index (χ1v) is 14.0. The molecule has 1 aliphatic heterocycles. The van der Waals surface area contributed by atoms with Crippen LogP contribution in [0.25, 0.3) is 0 Å². The Balaban J connectivity index is 1.56. The summed E-state index contributed by atoms with van der Waals surface area (Å²) in [6.07, 6.45) is 3.69. The van der Waals surface area contributed by atoms with Gasteiger partial charge < -0.3 is 21.7 Å². The van der Waals surface area contributed by atoms with Crippen LogP contribution >= 0.6 is 22.7 Å². The van der Waals surface area contributed by atoms with Crippen LogP contribution in [-0.2, 0) is 18.3 Å².